The van der Waals surface area contributed by atoms with Crippen molar-refractivity contribution in [3.05, 3.63) is 51.3 Å². The zero-order valence-corrected chi connectivity index (χ0v) is 14.8. The number of rotatable bonds is 3. The van der Waals surface area contributed by atoms with Crippen LogP contribution >= 0.6 is 34.5 Å². The predicted molar refractivity (Wildman–Crippen MR) is 90.4 cm³/mol. The van der Waals surface area contributed by atoms with Gasteiger partial charge in [-0.1, -0.05) is 35.3 Å². The molecule has 1 aliphatic rings. The van der Waals surface area contributed by atoms with Crippen LogP contribution in [0, 0.1) is 0 Å². The summed E-state index contributed by atoms with van der Waals surface area (Å²) >= 11 is 12.7. The molecule has 23 heavy (non-hydrogen) atoms. The van der Waals surface area contributed by atoms with Gasteiger partial charge in [0, 0.05) is 18.1 Å². The van der Waals surface area contributed by atoms with E-state index in [-0.39, 0.29) is 23.2 Å². The molecule has 1 amide bonds. The number of thiophene rings is 1. The number of hydrogen-bond acceptors (Lipinski definition) is 4. The van der Waals surface area contributed by atoms with E-state index in [1.165, 1.54) is 16.4 Å². The Morgan fingerprint density at radius 2 is 1.83 bits per heavy atom. The lowest BCUT2D eigenvalue weighted by Gasteiger charge is -2.33. The van der Waals surface area contributed by atoms with Gasteiger partial charge in [0.1, 0.15) is 10.3 Å². The van der Waals surface area contributed by atoms with Gasteiger partial charge in [0.2, 0.25) is 5.91 Å². The van der Waals surface area contributed by atoms with Crippen LogP contribution in [-0.2, 0) is 14.8 Å². The molecule has 1 aromatic heterocycles. The zero-order chi connectivity index (χ0) is 16.6. The molecule has 1 aromatic carbocycles. The molecule has 0 spiro atoms. The van der Waals surface area contributed by atoms with Crippen molar-refractivity contribution >= 4 is 50.5 Å². The van der Waals surface area contributed by atoms with E-state index < -0.39 is 16.1 Å². The molecule has 0 saturated carbocycles. The standard InChI is InChI=1S/C14H12Cl2N2O3S2/c15-10-3-1-9(2-4-10)13-14(19)17-7-8-18(13)23(20,21)12-6-5-11(16)22-12/h1-6,13H,7-8H2,(H,17,19). The monoisotopic (exact) mass is 390 g/mol. The molecule has 9 heteroatoms. The summed E-state index contributed by atoms with van der Waals surface area (Å²) in [6.45, 7) is 0.456. The van der Waals surface area contributed by atoms with Crippen LogP contribution in [0.15, 0.2) is 40.6 Å². The molecule has 0 aliphatic carbocycles. The van der Waals surface area contributed by atoms with E-state index >= 15 is 0 Å². The summed E-state index contributed by atoms with van der Waals surface area (Å²) in [5, 5.41) is 3.22. The van der Waals surface area contributed by atoms with Gasteiger partial charge < -0.3 is 5.32 Å². The maximum Gasteiger partial charge on any atom is 0.253 e. The molecule has 0 radical (unpaired) electrons. The first kappa shape index (κ1) is 16.7. The third-order valence-electron chi connectivity index (χ3n) is 3.47. The van der Waals surface area contributed by atoms with Crippen molar-refractivity contribution in [2.45, 2.75) is 10.3 Å². The number of nitrogens with zero attached hydrogens (tertiary/aromatic N) is 1. The van der Waals surface area contributed by atoms with Crippen molar-refractivity contribution in [1.82, 2.24) is 9.62 Å². The van der Waals surface area contributed by atoms with Gasteiger partial charge in [0.25, 0.3) is 10.0 Å². The number of nitrogens with one attached hydrogen (secondary N) is 1. The summed E-state index contributed by atoms with van der Waals surface area (Å²) in [7, 11) is -3.81. The summed E-state index contributed by atoms with van der Waals surface area (Å²) in [5.74, 6) is -0.357. The lowest BCUT2D eigenvalue weighted by molar-refractivity contribution is -0.126. The van der Waals surface area contributed by atoms with Crippen LogP contribution in [0.3, 0.4) is 0 Å². The molecule has 2 heterocycles. The van der Waals surface area contributed by atoms with Gasteiger partial charge in [0.15, 0.2) is 0 Å². The van der Waals surface area contributed by atoms with E-state index in [1.54, 1.807) is 24.3 Å². The van der Waals surface area contributed by atoms with Gasteiger partial charge in [0.05, 0.1) is 4.34 Å². The first-order chi connectivity index (χ1) is 10.9. The number of benzene rings is 1. The molecule has 3 rings (SSSR count). The van der Waals surface area contributed by atoms with Crippen LogP contribution in [0.2, 0.25) is 9.36 Å². The maximum atomic E-state index is 12.9. The summed E-state index contributed by atoms with van der Waals surface area (Å²) in [6, 6.07) is 8.63. The first-order valence-electron chi connectivity index (χ1n) is 6.70. The highest BCUT2D eigenvalue weighted by Crippen LogP contribution is 2.34. The molecule has 1 saturated heterocycles. The summed E-state index contributed by atoms with van der Waals surface area (Å²) in [6.07, 6.45) is 0. The second-order valence-electron chi connectivity index (χ2n) is 4.92. The molecule has 2 aromatic rings. The molecule has 5 nitrogen and oxygen atoms in total. The van der Waals surface area contributed by atoms with Crippen LogP contribution in [0.5, 0.6) is 0 Å². The van der Waals surface area contributed by atoms with Crippen LogP contribution in [0.1, 0.15) is 11.6 Å². The Morgan fingerprint density at radius 1 is 1.13 bits per heavy atom. The minimum absolute atomic E-state index is 0.121. The van der Waals surface area contributed by atoms with Crippen LogP contribution < -0.4 is 5.32 Å². The van der Waals surface area contributed by atoms with E-state index in [1.807, 2.05) is 0 Å². The van der Waals surface area contributed by atoms with Crippen molar-refractivity contribution in [2.75, 3.05) is 13.1 Å². The van der Waals surface area contributed by atoms with E-state index in [4.69, 9.17) is 23.2 Å². The Balaban J connectivity index is 2.04. The van der Waals surface area contributed by atoms with Crippen molar-refractivity contribution < 1.29 is 13.2 Å². The number of hydrogen-bond donors (Lipinski definition) is 1. The van der Waals surface area contributed by atoms with Crippen molar-refractivity contribution in [3.8, 4) is 0 Å². The Labute approximate surface area is 147 Å². The molecule has 1 aliphatic heterocycles. The molecule has 0 bridgehead atoms. The molecule has 1 N–H and O–H groups in total. The summed E-state index contributed by atoms with van der Waals surface area (Å²) in [5.41, 5.74) is 0.567. The fraction of sp³-hybridized carbons (Fsp3) is 0.214. The molecule has 122 valence electrons. The highest BCUT2D eigenvalue weighted by atomic mass is 35.5. The Morgan fingerprint density at radius 3 is 2.43 bits per heavy atom. The Hall–Kier alpha value is -1.12. The Bertz CT molecular complexity index is 834. The minimum Gasteiger partial charge on any atom is -0.353 e. The highest BCUT2D eigenvalue weighted by Gasteiger charge is 2.40. The number of piperazine rings is 1. The quantitative estimate of drug-likeness (QED) is 0.875. The summed E-state index contributed by atoms with van der Waals surface area (Å²) < 4.78 is 27.4. The minimum atomic E-state index is -3.81. The fourth-order valence-electron chi connectivity index (χ4n) is 2.42. The van der Waals surface area contributed by atoms with Gasteiger partial charge in [-0.15, -0.1) is 11.3 Å². The molecule has 1 fully saturated rings. The lowest BCUT2D eigenvalue weighted by Crippen LogP contribution is -2.51. The van der Waals surface area contributed by atoms with Gasteiger partial charge in [-0.25, -0.2) is 8.42 Å². The third-order valence-corrected chi connectivity index (χ3v) is 7.28. The molecular weight excluding hydrogens is 379 g/mol. The summed E-state index contributed by atoms with van der Waals surface area (Å²) in [4.78, 5) is 12.3. The van der Waals surface area contributed by atoms with Gasteiger partial charge in [-0.3, -0.25) is 4.79 Å². The van der Waals surface area contributed by atoms with Crippen molar-refractivity contribution in [1.29, 1.82) is 0 Å². The maximum absolute atomic E-state index is 12.9. The normalized spacial score (nSPS) is 19.6. The SMILES string of the molecule is O=C1NCCN(S(=O)(=O)c2ccc(Cl)s2)C1c1ccc(Cl)cc1. The number of amides is 1. The van der Waals surface area contributed by atoms with Gasteiger partial charge in [-0.05, 0) is 29.8 Å². The van der Waals surface area contributed by atoms with E-state index in [0.29, 0.717) is 14.9 Å². The van der Waals surface area contributed by atoms with E-state index in [2.05, 4.69) is 5.32 Å². The molecular formula is C14H12Cl2N2O3S2. The van der Waals surface area contributed by atoms with E-state index in [0.717, 1.165) is 11.3 Å². The van der Waals surface area contributed by atoms with Gasteiger partial charge >= 0.3 is 0 Å². The number of sulfonamides is 1. The third kappa shape index (κ3) is 3.25. The van der Waals surface area contributed by atoms with Crippen LogP contribution in [-0.4, -0.2) is 31.7 Å². The van der Waals surface area contributed by atoms with Crippen LogP contribution in [0.25, 0.3) is 0 Å². The van der Waals surface area contributed by atoms with Crippen LogP contribution in [0.4, 0.5) is 0 Å². The lowest BCUT2D eigenvalue weighted by atomic mass is 10.1. The number of halogens is 2. The number of carbonyl (C=O) groups is 1. The van der Waals surface area contributed by atoms with E-state index in [9.17, 15) is 13.2 Å². The smallest absolute Gasteiger partial charge is 0.253 e. The average Bonchev–Trinajstić information content (AvgIpc) is 2.95. The zero-order valence-electron chi connectivity index (χ0n) is 11.7. The van der Waals surface area contributed by atoms with Gasteiger partial charge in [-0.2, -0.15) is 4.31 Å². The van der Waals surface area contributed by atoms with Crippen molar-refractivity contribution in [2.24, 2.45) is 0 Å². The second kappa shape index (κ2) is 6.41. The topological polar surface area (TPSA) is 66.5 Å². The molecule has 1 unspecified atom stereocenters. The highest BCUT2D eigenvalue weighted by molar-refractivity contribution is 7.91. The predicted octanol–water partition coefficient (Wildman–Crippen LogP) is 2.92. The largest absolute Gasteiger partial charge is 0.353 e. The van der Waals surface area contributed by atoms with Crippen molar-refractivity contribution in [3.63, 3.8) is 0 Å². The number of carbonyl (C=O) groups excluding carboxylic acids is 1. The second-order valence-corrected chi connectivity index (χ2v) is 9.19. The molecule has 1 atom stereocenters. The Kier molecular flexibility index (Phi) is 4.66. The average molecular weight is 391 g/mol. The first-order valence-corrected chi connectivity index (χ1v) is 9.71. The fourth-order valence-corrected chi connectivity index (χ4v) is 5.73.